The Kier molecular flexibility index (Phi) is 5.15. The molecule has 2 rings (SSSR count). The Bertz CT molecular complexity index is 329. The molecule has 0 aliphatic carbocycles. The second-order valence-electron chi connectivity index (χ2n) is 4.71. The van der Waals surface area contributed by atoms with E-state index in [9.17, 15) is 0 Å². The summed E-state index contributed by atoms with van der Waals surface area (Å²) in [5, 5.41) is 0.827. The van der Waals surface area contributed by atoms with Gasteiger partial charge in [0.05, 0.1) is 0 Å². The fourth-order valence-electron chi connectivity index (χ4n) is 2.51. The van der Waals surface area contributed by atoms with E-state index in [0.717, 1.165) is 23.9 Å². The smallest absolute Gasteiger partial charge is 0.0406 e. The molecule has 3 heteroatoms. The molecule has 0 spiro atoms. The topological polar surface area (TPSA) is 3.24 Å². The first-order valence-electron chi connectivity index (χ1n) is 6.33. The summed E-state index contributed by atoms with van der Waals surface area (Å²) < 4.78 is 0. The van der Waals surface area contributed by atoms with Gasteiger partial charge in [-0.3, -0.25) is 0 Å². The zero-order chi connectivity index (χ0) is 12.1. The van der Waals surface area contributed by atoms with Gasteiger partial charge < -0.3 is 4.90 Å². The molecule has 17 heavy (non-hydrogen) atoms. The standard InChI is InChI=1S/C14H19Cl2N/c15-8-1-9-17-10-6-13(7-11-17)12-2-4-14(16)5-3-12/h2-5,13H,1,6-11H2. The number of rotatable bonds is 4. The summed E-state index contributed by atoms with van der Waals surface area (Å²) >= 11 is 11.6. The molecule has 0 atom stereocenters. The molecule has 1 aliphatic heterocycles. The number of hydrogen-bond acceptors (Lipinski definition) is 1. The Morgan fingerprint density at radius 2 is 1.76 bits per heavy atom. The van der Waals surface area contributed by atoms with Crippen LogP contribution in [0.5, 0.6) is 0 Å². The third-order valence-corrected chi connectivity index (χ3v) is 4.06. The van der Waals surface area contributed by atoms with Crippen molar-refractivity contribution >= 4 is 23.2 Å². The van der Waals surface area contributed by atoms with Crippen molar-refractivity contribution in [2.75, 3.05) is 25.5 Å². The zero-order valence-electron chi connectivity index (χ0n) is 10.0. The van der Waals surface area contributed by atoms with Gasteiger partial charge in [0.1, 0.15) is 0 Å². The molecule has 1 aliphatic rings. The summed E-state index contributed by atoms with van der Waals surface area (Å²) in [7, 11) is 0. The second-order valence-corrected chi connectivity index (χ2v) is 5.52. The van der Waals surface area contributed by atoms with Crippen molar-refractivity contribution in [2.24, 2.45) is 0 Å². The number of nitrogens with zero attached hydrogens (tertiary/aromatic N) is 1. The third kappa shape index (κ3) is 3.87. The highest BCUT2D eigenvalue weighted by molar-refractivity contribution is 6.30. The number of alkyl halides is 1. The highest BCUT2D eigenvalue weighted by atomic mass is 35.5. The normalized spacial score (nSPS) is 18.5. The Morgan fingerprint density at radius 1 is 1.12 bits per heavy atom. The summed E-state index contributed by atoms with van der Waals surface area (Å²) in [6.45, 7) is 3.55. The summed E-state index contributed by atoms with van der Waals surface area (Å²) in [5.41, 5.74) is 1.44. The molecule has 0 aromatic heterocycles. The van der Waals surface area contributed by atoms with Gasteiger partial charge in [-0.15, -0.1) is 11.6 Å². The summed E-state index contributed by atoms with van der Waals surface area (Å²) in [6, 6.07) is 8.33. The van der Waals surface area contributed by atoms with E-state index in [0.29, 0.717) is 5.92 Å². The highest BCUT2D eigenvalue weighted by Gasteiger charge is 2.19. The summed E-state index contributed by atoms with van der Waals surface area (Å²) in [6.07, 6.45) is 3.61. The quantitative estimate of drug-likeness (QED) is 0.744. The van der Waals surface area contributed by atoms with E-state index in [-0.39, 0.29) is 0 Å². The van der Waals surface area contributed by atoms with Crippen LogP contribution >= 0.6 is 23.2 Å². The Balaban J connectivity index is 1.84. The molecule has 1 nitrogen and oxygen atoms in total. The van der Waals surface area contributed by atoms with E-state index >= 15 is 0 Å². The van der Waals surface area contributed by atoms with E-state index in [2.05, 4.69) is 17.0 Å². The van der Waals surface area contributed by atoms with E-state index in [1.54, 1.807) is 0 Å². The molecule has 1 heterocycles. The minimum absolute atomic E-state index is 0.708. The summed E-state index contributed by atoms with van der Waals surface area (Å²) in [5.74, 6) is 1.48. The van der Waals surface area contributed by atoms with Crippen LogP contribution in [0.3, 0.4) is 0 Å². The largest absolute Gasteiger partial charge is 0.303 e. The maximum atomic E-state index is 5.91. The van der Waals surface area contributed by atoms with E-state index < -0.39 is 0 Å². The molecule has 1 fully saturated rings. The minimum Gasteiger partial charge on any atom is -0.303 e. The predicted molar refractivity (Wildman–Crippen MR) is 75.2 cm³/mol. The van der Waals surface area contributed by atoms with Crippen molar-refractivity contribution < 1.29 is 0 Å². The van der Waals surface area contributed by atoms with Gasteiger partial charge in [0, 0.05) is 10.9 Å². The van der Waals surface area contributed by atoms with Crippen molar-refractivity contribution in [1.82, 2.24) is 4.90 Å². The Morgan fingerprint density at radius 3 is 2.35 bits per heavy atom. The van der Waals surface area contributed by atoms with Crippen LogP contribution in [0.25, 0.3) is 0 Å². The molecule has 0 amide bonds. The van der Waals surface area contributed by atoms with Gasteiger partial charge in [-0.05, 0) is 62.5 Å². The average molecular weight is 272 g/mol. The van der Waals surface area contributed by atoms with Gasteiger partial charge in [-0.1, -0.05) is 23.7 Å². The van der Waals surface area contributed by atoms with Crippen LogP contribution in [0.15, 0.2) is 24.3 Å². The number of benzene rings is 1. The lowest BCUT2D eigenvalue weighted by atomic mass is 9.89. The molecule has 1 aromatic rings. The van der Waals surface area contributed by atoms with Crippen molar-refractivity contribution in [3.05, 3.63) is 34.9 Å². The number of piperidine rings is 1. The fraction of sp³-hybridized carbons (Fsp3) is 0.571. The van der Waals surface area contributed by atoms with Crippen LogP contribution in [0, 0.1) is 0 Å². The molecule has 0 saturated carbocycles. The molecule has 0 bridgehead atoms. The lowest BCUT2D eigenvalue weighted by molar-refractivity contribution is 0.213. The maximum absolute atomic E-state index is 5.91. The second kappa shape index (κ2) is 6.63. The predicted octanol–water partition coefficient (Wildman–Crippen LogP) is 4.15. The molecule has 94 valence electrons. The van der Waals surface area contributed by atoms with Crippen LogP contribution < -0.4 is 0 Å². The van der Waals surface area contributed by atoms with Gasteiger partial charge in [0.2, 0.25) is 0 Å². The van der Waals surface area contributed by atoms with Gasteiger partial charge in [-0.2, -0.15) is 0 Å². The maximum Gasteiger partial charge on any atom is 0.0406 e. The van der Waals surface area contributed by atoms with Gasteiger partial charge in [-0.25, -0.2) is 0 Å². The van der Waals surface area contributed by atoms with Crippen LogP contribution in [0.2, 0.25) is 5.02 Å². The molecule has 1 aromatic carbocycles. The Hall–Kier alpha value is -0.240. The Labute approximate surface area is 114 Å². The molecule has 0 radical (unpaired) electrons. The van der Waals surface area contributed by atoms with Crippen LogP contribution in [0.4, 0.5) is 0 Å². The molecule has 1 saturated heterocycles. The third-order valence-electron chi connectivity index (χ3n) is 3.54. The average Bonchev–Trinajstić information content (AvgIpc) is 2.38. The lowest BCUT2D eigenvalue weighted by Crippen LogP contribution is -2.33. The first-order valence-corrected chi connectivity index (χ1v) is 7.24. The van der Waals surface area contributed by atoms with Crippen molar-refractivity contribution in [3.8, 4) is 0 Å². The van der Waals surface area contributed by atoms with Crippen LogP contribution in [-0.2, 0) is 0 Å². The summed E-state index contributed by atoms with van der Waals surface area (Å²) in [4.78, 5) is 2.52. The highest BCUT2D eigenvalue weighted by Crippen LogP contribution is 2.28. The van der Waals surface area contributed by atoms with E-state index in [4.69, 9.17) is 23.2 Å². The van der Waals surface area contributed by atoms with Crippen molar-refractivity contribution in [2.45, 2.75) is 25.2 Å². The first-order chi connectivity index (χ1) is 8.29. The van der Waals surface area contributed by atoms with Crippen LogP contribution in [-0.4, -0.2) is 30.4 Å². The van der Waals surface area contributed by atoms with Gasteiger partial charge >= 0.3 is 0 Å². The minimum atomic E-state index is 0.708. The number of hydrogen-bond donors (Lipinski definition) is 0. The SMILES string of the molecule is ClCCCN1CCC(c2ccc(Cl)cc2)CC1. The van der Waals surface area contributed by atoms with Crippen LogP contribution in [0.1, 0.15) is 30.7 Å². The fourth-order valence-corrected chi connectivity index (χ4v) is 2.75. The zero-order valence-corrected chi connectivity index (χ0v) is 11.6. The molecular weight excluding hydrogens is 253 g/mol. The first kappa shape index (κ1) is 13.2. The number of likely N-dealkylation sites (tertiary alicyclic amines) is 1. The van der Waals surface area contributed by atoms with Gasteiger partial charge in [0.25, 0.3) is 0 Å². The monoisotopic (exact) mass is 271 g/mol. The van der Waals surface area contributed by atoms with E-state index in [1.165, 1.54) is 31.5 Å². The molecule has 0 unspecified atom stereocenters. The molecular formula is C14H19Cl2N. The van der Waals surface area contributed by atoms with Gasteiger partial charge in [0.15, 0.2) is 0 Å². The van der Waals surface area contributed by atoms with Crippen molar-refractivity contribution in [3.63, 3.8) is 0 Å². The molecule has 0 N–H and O–H groups in total. The van der Waals surface area contributed by atoms with Crippen molar-refractivity contribution in [1.29, 1.82) is 0 Å². The lowest BCUT2D eigenvalue weighted by Gasteiger charge is -2.32. The van der Waals surface area contributed by atoms with E-state index in [1.807, 2.05) is 12.1 Å². The number of halogens is 2.